The second kappa shape index (κ2) is 6.50. The Morgan fingerprint density at radius 2 is 2.08 bits per heavy atom. The fraction of sp³-hybridized carbons (Fsp3) is 0.526. The molecule has 1 atom stereocenters. The van der Waals surface area contributed by atoms with Crippen molar-refractivity contribution in [3.63, 3.8) is 0 Å². The number of benzene rings is 1. The van der Waals surface area contributed by atoms with Crippen molar-refractivity contribution in [2.75, 3.05) is 6.54 Å². The van der Waals surface area contributed by atoms with E-state index < -0.39 is 5.60 Å². The molecule has 1 aromatic carbocycles. The van der Waals surface area contributed by atoms with Crippen LogP contribution < -0.4 is 0 Å². The second-order valence-electron chi connectivity index (χ2n) is 7.61. The van der Waals surface area contributed by atoms with Gasteiger partial charge in [-0.05, 0) is 59.1 Å². The molecular formula is C19H25N3O3. The van der Waals surface area contributed by atoms with Gasteiger partial charge in [-0.15, -0.1) is 0 Å². The first-order valence-electron chi connectivity index (χ1n) is 8.65. The molecule has 0 saturated carbocycles. The molecule has 0 spiro atoms. The summed E-state index contributed by atoms with van der Waals surface area (Å²) in [4.78, 5) is 18.7. The Hall–Kier alpha value is -2.37. The molecule has 1 aromatic heterocycles. The first kappa shape index (κ1) is 17.5. The van der Waals surface area contributed by atoms with Crippen LogP contribution in [0.1, 0.15) is 56.6 Å². The van der Waals surface area contributed by atoms with Crippen LogP contribution in [0.15, 0.2) is 22.7 Å². The van der Waals surface area contributed by atoms with Crippen LogP contribution in [-0.4, -0.2) is 33.3 Å². The Kier molecular flexibility index (Phi) is 4.54. The van der Waals surface area contributed by atoms with Crippen molar-refractivity contribution in [2.24, 2.45) is 0 Å². The van der Waals surface area contributed by atoms with Crippen molar-refractivity contribution in [2.45, 2.75) is 59.1 Å². The summed E-state index contributed by atoms with van der Waals surface area (Å²) in [5.41, 5.74) is 2.62. The molecule has 6 nitrogen and oxygen atoms in total. The summed E-state index contributed by atoms with van der Waals surface area (Å²) in [6.45, 7) is 10.3. The third kappa shape index (κ3) is 3.83. The molecule has 2 aromatic rings. The van der Waals surface area contributed by atoms with Gasteiger partial charge in [0.25, 0.3) is 5.89 Å². The van der Waals surface area contributed by atoms with Crippen molar-refractivity contribution < 1.29 is 14.1 Å². The SMILES string of the molecule is Cc1ccc(C)c(-c2nc(C3CCCN3C(=O)OC(C)(C)C)no2)c1. The molecule has 1 unspecified atom stereocenters. The minimum Gasteiger partial charge on any atom is -0.444 e. The Labute approximate surface area is 148 Å². The van der Waals surface area contributed by atoms with Crippen LogP contribution in [0.3, 0.4) is 0 Å². The van der Waals surface area contributed by atoms with Gasteiger partial charge in [-0.2, -0.15) is 4.98 Å². The van der Waals surface area contributed by atoms with Gasteiger partial charge in [0.05, 0.1) is 6.04 Å². The summed E-state index contributed by atoms with van der Waals surface area (Å²) in [5.74, 6) is 1.03. The molecule has 0 bridgehead atoms. The quantitative estimate of drug-likeness (QED) is 0.807. The zero-order valence-electron chi connectivity index (χ0n) is 15.5. The number of amides is 1. The average Bonchev–Trinajstić information content (AvgIpc) is 3.15. The lowest BCUT2D eigenvalue weighted by Crippen LogP contribution is -2.36. The van der Waals surface area contributed by atoms with Gasteiger partial charge in [0, 0.05) is 12.1 Å². The largest absolute Gasteiger partial charge is 0.444 e. The van der Waals surface area contributed by atoms with Crippen molar-refractivity contribution in [3.05, 3.63) is 35.2 Å². The lowest BCUT2D eigenvalue weighted by atomic mass is 10.1. The Bertz CT molecular complexity index is 776. The molecule has 1 fully saturated rings. The predicted octanol–water partition coefficient (Wildman–Crippen LogP) is 4.43. The molecule has 1 amide bonds. The van der Waals surface area contributed by atoms with E-state index in [9.17, 15) is 4.79 Å². The fourth-order valence-electron chi connectivity index (χ4n) is 3.02. The molecule has 3 rings (SSSR count). The van der Waals surface area contributed by atoms with Crippen LogP contribution in [0.2, 0.25) is 0 Å². The molecule has 1 saturated heterocycles. The highest BCUT2D eigenvalue weighted by atomic mass is 16.6. The fourth-order valence-corrected chi connectivity index (χ4v) is 3.02. The van der Waals surface area contributed by atoms with Crippen molar-refractivity contribution >= 4 is 6.09 Å². The highest BCUT2D eigenvalue weighted by Gasteiger charge is 2.36. The molecule has 1 aliphatic rings. The van der Waals surface area contributed by atoms with E-state index in [4.69, 9.17) is 9.26 Å². The number of aromatic nitrogens is 2. The highest BCUT2D eigenvalue weighted by Crippen LogP contribution is 2.33. The monoisotopic (exact) mass is 343 g/mol. The van der Waals surface area contributed by atoms with Crippen LogP contribution in [0.25, 0.3) is 11.5 Å². The Morgan fingerprint density at radius 1 is 1.32 bits per heavy atom. The van der Waals surface area contributed by atoms with E-state index in [2.05, 4.69) is 16.2 Å². The van der Waals surface area contributed by atoms with E-state index in [-0.39, 0.29) is 12.1 Å². The van der Waals surface area contributed by atoms with Gasteiger partial charge < -0.3 is 9.26 Å². The van der Waals surface area contributed by atoms with E-state index in [0.29, 0.717) is 18.3 Å². The van der Waals surface area contributed by atoms with Gasteiger partial charge in [-0.1, -0.05) is 22.9 Å². The molecule has 2 heterocycles. The number of ether oxygens (including phenoxy) is 1. The average molecular weight is 343 g/mol. The zero-order valence-corrected chi connectivity index (χ0v) is 15.5. The van der Waals surface area contributed by atoms with Gasteiger partial charge >= 0.3 is 6.09 Å². The summed E-state index contributed by atoms with van der Waals surface area (Å²) >= 11 is 0. The normalized spacial score (nSPS) is 17.8. The number of likely N-dealkylation sites (tertiary alicyclic amines) is 1. The van der Waals surface area contributed by atoms with E-state index in [1.54, 1.807) is 4.90 Å². The van der Waals surface area contributed by atoms with Gasteiger partial charge in [-0.25, -0.2) is 4.79 Å². The predicted molar refractivity (Wildman–Crippen MR) is 94.1 cm³/mol. The van der Waals surface area contributed by atoms with E-state index in [1.807, 2.05) is 46.8 Å². The molecule has 1 aliphatic heterocycles. The molecule has 134 valence electrons. The zero-order chi connectivity index (χ0) is 18.2. The molecule has 0 aliphatic carbocycles. The van der Waals surface area contributed by atoms with Crippen LogP contribution in [-0.2, 0) is 4.74 Å². The standard InChI is InChI=1S/C19H25N3O3/c1-12-8-9-13(2)14(11-12)17-20-16(21-25-17)15-7-6-10-22(15)18(23)24-19(3,4)5/h8-9,11,15H,6-7,10H2,1-5H3. The van der Waals surface area contributed by atoms with E-state index >= 15 is 0 Å². The third-order valence-electron chi connectivity index (χ3n) is 4.24. The van der Waals surface area contributed by atoms with Crippen LogP contribution in [0.4, 0.5) is 4.79 Å². The Morgan fingerprint density at radius 3 is 2.80 bits per heavy atom. The number of hydrogen-bond acceptors (Lipinski definition) is 5. The smallest absolute Gasteiger partial charge is 0.410 e. The molecule has 0 radical (unpaired) electrons. The maximum absolute atomic E-state index is 12.4. The van der Waals surface area contributed by atoms with Gasteiger partial charge in [0.2, 0.25) is 0 Å². The summed E-state index contributed by atoms with van der Waals surface area (Å²) in [6, 6.07) is 5.93. The molecular weight excluding hydrogens is 318 g/mol. The summed E-state index contributed by atoms with van der Waals surface area (Å²) in [6.07, 6.45) is 1.38. The van der Waals surface area contributed by atoms with E-state index in [0.717, 1.165) is 29.5 Å². The van der Waals surface area contributed by atoms with Gasteiger partial charge in [-0.3, -0.25) is 4.90 Å². The number of aryl methyl sites for hydroxylation is 2. The van der Waals surface area contributed by atoms with Crippen molar-refractivity contribution in [1.29, 1.82) is 0 Å². The number of nitrogens with zero attached hydrogens (tertiary/aromatic N) is 3. The first-order chi connectivity index (χ1) is 11.7. The lowest BCUT2D eigenvalue weighted by molar-refractivity contribution is 0.0217. The second-order valence-corrected chi connectivity index (χ2v) is 7.61. The minimum atomic E-state index is -0.523. The summed E-state index contributed by atoms with van der Waals surface area (Å²) < 4.78 is 11.0. The molecule has 25 heavy (non-hydrogen) atoms. The maximum Gasteiger partial charge on any atom is 0.410 e. The van der Waals surface area contributed by atoms with Gasteiger partial charge in [0.1, 0.15) is 5.60 Å². The van der Waals surface area contributed by atoms with Crippen LogP contribution >= 0.6 is 0 Å². The minimum absolute atomic E-state index is 0.197. The number of hydrogen-bond donors (Lipinski definition) is 0. The van der Waals surface area contributed by atoms with Crippen molar-refractivity contribution in [3.8, 4) is 11.5 Å². The van der Waals surface area contributed by atoms with Crippen LogP contribution in [0, 0.1) is 13.8 Å². The summed E-state index contributed by atoms with van der Waals surface area (Å²) in [5, 5.41) is 4.14. The Balaban J connectivity index is 1.84. The highest BCUT2D eigenvalue weighted by molar-refractivity contribution is 5.69. The van der Waals surface area contributed by atoms with E-state index in [1.165, 1.54) is 0 Å². The van der Waals surface area contributed by atoms with Gasteiger partial charge in [0.15, 0.2) is 5.82 Å². The lowest BCUT2D eigenvalue weighted by Gasteiger charge is -2.27. The van der Waals surface area contributed by atoms with Crippen LogP contribution in [0.5, 0.6) is 0 Å². The maximum atomic E-state index is 12.4. The molecule has 0 N–H and O–H groups in total. The van der Waals surface area contributed by atoms with Crippen molar-refractivity contribution in [1.82, 2.24) is 15.0 Å². The number of carbonyl (C=O) groups is 1. The number of rotatable bonds is 2. The third-order valence-corrected chi connectivity index (χ3v) is 4.24. The topological polar surface area (TPSA) is 68.5 Å². The number of carbonyl (C=O) groups excluding carboxylic acids is 1. The first-order valence-corrected chi connectivity index (χ1v) is 8.65. The summed E-state index contributed by atoms with van der Waals surface area (Å²) in [7, 11) is 0. The molecule has 6 heteroatoms.